The molecule has 1 spiro atoms. The van der Waals surface area contributed by atoms with Gasteiger partial charge in [-0.15, -0.1) is 0 Å². The Morgan fingerprint density at radius 2 is 2.00 bits per heavy atom. The van der Waals surface area contributed by atoms with Crippen molar-refractivity contribution in [3.63, 3.8) is 0 Å². The fourth-order valence-corrected chi connectivity index (χ4v) is 3.48. The molecule has 0 amide bonds. The van der Waals surface area contributed by atoms with E-state index in [0.29, 0.717) is 12.3 Å². The first kappa shape index (κ1) is 15.7. The number of morpholine rings is 1. The van der Waals surface area contributed by atoms with Crippen molar-refractivity contribution in [1.82, 2.24) is 4.90 Å². The highest BCUT2D eigenvalue weighted by molar-refractivity contribution is 5.22. The molecule has 0 bridgehead atoms. The molecular weight excluding hydrogens is 285 g/mol. The standard InChI is InChI=1S/C17H24FNO3/c18-14-3-5-16(6-4-14)21-12-15(20)11-19-9-10-22-17(13-19)7-1-2-8-17/h3-6,15,20H,1-2,7-13H2. The van der Waals surface area contributed by atoms with Crippen molar-refractivity contribution in [3.05, 3.63) is 30.1 Å². The van der Waals surface area contributed by atoms with Crippen LogP contribution in [0.4, 0.5) is 4.39 Å². The summed E-state index contributed by atoms with van der Waals surface area (Å²) in [6.07, 6.45) is 4.19. The molecule has 1 unspecified atom stereocenters. The van der Waals surface area contributed by atoms with Gasteiger partial charge in [0.15, 0.2) is 0 Å². The van der Waals surface area contributed by atoms with Crippen LogP contribution in [0, 0.1) is 5.82 Å². The Morgan fingerprint density at radius 3 is 2.73 bits per heavy atom. The van der Waals surface area contributed by atoms with Crippen molar-refractivity contribution in [2.45, 2.75) is 37.4 Å². The molecule has 0 radical (unpaired) electrons. The average molecular weight is 309 g/mol. The largest absolute Gasteiger partial charge is 0.491 e. The van der Waals surface area contributed by atoms with E-state index in [-0.39, 0.29) is 18.0 Å². The lowest BCUT2D eigenvalue weighted by atomic mass is 9.99. The molecule has 3 rings (SSSR count). The molecule has 1 aliphatic heterocycles. The Labute approximate surface area is 130 Å². The zero-order valence-corrected chi connectivity index (χ0v) is 12.8. The van der Waals surface area contributed by atoms with Gasteiger partial charge in [0.05, 0.1) is 12.2 Å². The predicted molar refractivity (Wildman–Crippen MR) is 81.5 cm³/mol. The minimum atomic E-state index is -0.554. The van der Waals surface area contributed by atoms with Crippen molar-refractivity contribution >= 4 is 0 Å². The summed E-state index contributed by atoms with van der Waals surface area (Å²) in [5, 5.41) is 10.2. The second-order valence-electron chi connectivity index (χ2n) is 6.39. The molecule has 0 aromatic heterocycles. The number of ether oxygens (including phenoxy) is 2. The number of β-amino-alcohol motifs (C(OH)–C–C–N with tert-alkyl or cyclic N) is 1. The summed E-state index contributed by atoms with van der Waals surface area (Å²) < 4.78 is 24.3. The van der Waals surface area contributed by atoms with E-state index in [1.54, 1.807) is 12.1 Å². The van der Waals surface area contributed by atoms with Crippen LogP contribution >= 0.6 is 0 Å². The summed E-state index contributed by atoms with van der Waals surface area (Å²) in [4.78, 5) is 2.27. The number of aliphatic hydroxyl groups excluding tert-OH is 1. The molecule has 1 N–H and O–H groups in total. The number of nitrogens with zero attached hydrogens (tertiary/aromatic N) is 1. The van der Waals surface area contributed by atoms with Crippen LogP contribution in [0.1, 0.15) is 25.7 Å². The number of rotatable bonds is 5. The van der Waals surface area contributed by atoms with Gasteiger partial charge in [-0.3, -0.25) is 4.90 Å². The van der Waals surface area contributed by atoms with E-state index in [4.69, 9.17) is 9.47 Å². The lowest BCUT2D eigenvalue weighted by molar-refractivity contribution is -0.112. The van der Waals surface area contributed by atoms with Crippen LogP contribution in [0.5, 0.6) is 5.75 Å². The van der Waals surface area contributed by atoms with Crippen LogP contribution in [0.15, 0.2) is 24.3 Å². The third-order valence-electron chi connectivity index (χ3n) is 4.57. The van der Waals surface area contributed by atoms with E-state index in [9.17, 15) is 9.50 Å². The van der Waals surface area contributed by atoms with Crippen LogP contribution in [0.3, 0.4) is 0 Å². The van der Waals surface area contributed by atoms with Gasteiger partial charge in [-0.25, -0.2) is 4.39 Å². The highest BCUT2D eigenvalue weighted by Crippen LogP contribution is 2.35. The molecule has 1 saturated carbocycles. The molecule has 1 aliphatic carbocycles. The van der Waals surface area contributed by atoms with Crippen molar-refractivity contribution < 1.29 is 19.0 Å². The molecule has 22 heavy (non-hydrogen) atoms. The highest BCUT2D eigenvalue weighted by Gasteiger charge is 2.39. The van der Waals surface area contributed by atoms with Crippen LogP contribution in [-0.4, -0.2) is 54.6 Å². The molecule has 1 aromatic rings. The minimum absolute atomic E-state index is 0.0236. The minimum Gasteiger partial charge on any atom is -0.491 e. The van der Waals surface area contributed by atoms with Gasteiger partial charge in [0, 0.05) is 19.6 Å². The summed E-state index contributed by atoms with van der Waals surface area (Å²) in [6.45, 7) is 3.31. The lowest BCUT2D eigenvalue weighted by Crippen LogP contribution is -2.52. The smallest absolute Gasteiger partial charge is 0.123 e. The molecule has 1 heterocycles. The Balaban J connectivity index is 1.45. The Kier molecular flexibility index (Phi) is 4.96. The normalized spacial score (nSPS) is 22.8. The summed E-state index contributed by atoms with van der Waals surface area (Å²) in [7, 11) is 0. The van der Waals surface area contributed by atoms with E-state index in [0.717, 1.165) is 32.5 Å². The second kappa shape index (κ2) is 6.94. The first-order valence-corrected chi connectivity index (χ1v) is 8.08. The second-order valence-corrected chi connectivity index (χ2v) is 6.39. The average Bonchev–Trinajstić information content (AvgIpc) is 2.94. The summed E-state index contributed by atoms with van der Waals surface area (Å²) in [5.41, 5.74) is 0.0236. The molecule has 2 fully saturated rings. The monoisotopic (exact) mass is 309 g/mol. The first-order valence-electron chi connectivity index (χ1n) is 8.08. The van der Waals surface area contributed by atoms with Gasteiger partial charge >= 0.3 is 0 Å². The predicted octanol–water partition coefficient (Wildman–Crippen LogP) is 2.21. The van der Waals surface area contributed by atoms with Gasteiger partial charge in [-0.2, -0.15) is 0 Å². The lowest BCUT2D eigenvalue weighted by Gasteiger charge is -2.41. The maximum absolute atomic E-state index is 12.8. The van der Waals surface area contributed by atoms with Crippen LogP contribution in [-0.2, 0) is 4.74 Å². The van der Waals surface area contributed by atoms with Gasteiger partial charge in [-0.1, -0.05) is 12.8 Å². The van der Waals surface area contributed by atoms with Crippen LogP contribution < -0.4 is 4.74 Å². The number of hydrogen-bond donors (Lipinski definition) is 1. The Morgan fingerprint density at radius 1 is 1.27 bits per heavy atom. The number of halogens is 1. The SMILES string of the molecule is OC(COc1ccc(F)cc1)CN1CCOC2(CCCC2)C1. The maximum atomic E-state index is 12.8. The van der Waals surface area contributed by atoms with Gasteiger partial charge in [0.25, 0.3) is 0 Å². The molecule has 2 aliphatic rings. The van der Waals surface area contributed by atoms with Gasteiger partial charge in [0.2, 0.25) is 0 Å². The third-order valence-corrected chi connectivity index (χ3v) is 4.57. The van der Waals surface area contributed by atoms with Crippen molar-refractivity contribution in [3.8, 4) is 5.75 Å². The topological polar surface area (TPSA) is 41.9 Å². The molecular formula is C17H24FNO3. The fourth-order valence-electron chi connectivity index (χ4n) is 3.48. The van der Waals surface area contributed by atoms with E-state index in [1.807, 2.05) is 0 Å². The summed E-state index contributed by atoms with van der Waals surface area (Å²) >= 11 is 0. The van der Waals surface area contributed by atoms with Crippen LogP contribution in [0.25, 0.3) is 0 Å². The first-order chi connectivity index (χ1) is 10.7. The van der Waals surface area contributed by atoms with E-state index in [1.165, 1.54) is 25.0 Å². The highest BCUT2D eigenvalue weighted by atomic mass is 19.1. The quantitative estimate of drug-likeness (QED) is 0.905. The molecule has 4 nitrogen and oxygen atoms in total. The number of hydrogen-bond acceptors (Lipinski definition) is 4. The Bertz CT molecular complexity index is 473. The zero-order valence-electron chi connectivity index (χ0n) is 12.8. The van der Waals surface area contributed by atoms with Crippen molar-refractivity contribution in [2.24, 2.45) is 0 Å². The maximum Gasteiger partial charge on any atom is 0.123 e. The number of benzene rings is 1. The molecule has 1 atom stereocenters. The van der Waals surface area contributed by atoms with E-state index < -0.39 is 6.10 Å². The Hall–Kier alpha value is -1.17. The van der Waals surface area contributed by atoms with Crippen molar-refractivity contribution in [2.75, 3.05) is 32.8 Å². The van der Waals surface area contributed by atoms with E-state index in [2.05, 4.69) is 4.90 Å². The zero-order chi connectivity index (χ0) is 15.4. The van der Waals surface area contributed by atoms with Gasteiger partial charge in [0.1, 0.15) is 24.3 Å². The number of aliphatic hydroxyl groups is 1. The third kappa shape index (κ3) is 3.97. The van der Waals surface area contributed by atoms with Gasteiger partial charge < -0.3 is 14.6 Å². The molecule has 122 valence electrons. The van der Waals surface area contributed by atoms with Gasteiger partial charge in [-0.05, 0) is 37.1 Å². The fraction of sp³-hybridized carbons (Fsp3) is 0.647. The molecule has 5 heteroatoms. The summed E-state index contributed by atoms with van der Waals surface area (Å²) in [6, 6.07) is 5.86. The van der Waals surface area contributed by atoms with Crippen molar-refractivity contribution in [1.29, 1.82) is 0 Å². The molecule has 1 aromatic carbocycles. The molecule has 1 saturated heterocycles. The summed E-state index contributed by atoms with van der Waals surface area (Å²) in [5.74, 6) is 0.290. The van der Waals surface area contributed by atoms with E-state index >= 15 is 0 Å². The van der Waals surface area contributed by atoms with Crippen LogP contribution in [0.2, 0.25) is 0 Å².